The second-order valence-corrected chi connectivity index (χ2v) is 9.17. The summed E-state index contributed by atoms with van der Waals surface area (Å²) < 4.78 is 0. The van der Waals surface area contributed by atoms with E-state index in [0.717, 1.165) is 30.1 Å². The second kappa shape index (κ2) is 4.83. The molecular weight excluding hydrogens is 256 g/mol. The van der Waals surface area contributed by atoms with Crippen LogP contribution in [-0.2, 0) is 4.79 Å². The summed E-state index contributed by atoms with van der Waals surface area (Å²) >= 11 is 0. The minimum atomic E-state index is 0.0646. The fourth-order valence-corrected chi connectivity index (χ4v) is 7.24. The van der Waals surface area contributed by atoms with E-state index in [0.29, 0.717) is 11.2 Å². The van der Waals surface area contributed by atoms with Gasteiger partial charge in [-0.2, -0.15) is 0 Å². The number of fused-ring (bicyclic) bond motifs is 5. The topological polar surface area (TPSA) is 17.1 Å². The van der Waals surface area contributed by atoms with Gasteiger partial charge < -0.3 is 0 Å². The van der Waals surface area contributed by atoms with E-state index in [-0.39, 0.29) is 5.41 Å². The molecule has 0 saturated heterocycles. The second-order valence-electron chi connectivity index (χ2n) is 9.17. The van der Waals surface area contributed by atoms with Crippen LogP contribution >= 0.6 is 0 Å². The van der Waals surface area contributed by atoms with E-state index in [1.54, 1.807) is 0 Å². The lowest BCUT2D eigenvalue weighted by molar-refractivity contribution is -0.136. The smallest absolute Gasteiger partial charge is 0.139 e. The first-order valence-corrected chi connectivity index (χ1v) is 9.59. The van der Waals surface area contributed by atoms with Crippen LogP contribution in [0.2, 0.25) is 0 Å². The molecule has 0 radical (unpaired) electrons. The Balaban J connectivity index is 1.65. The summed E-state index contributed by atoms with van der Waals surface area (Å²) in [5.41, 5.74) is 0.668. The fourth-order valence-electron chi connectivity index (χ4n) is 7.24. The van der Waals surface area contributed by atoms with Crippen molar-refractivity contribution in [3.05, 3.63) is 0 Å². The molecule has 1 unspecified atom stereocenters. The molecule has 0 aromatic rings. The molecule has 4 aliphatic carbocycles. The first-order chi connectivity index (χ1) is 10.1. The Hall–Kier alpha value is -0.330. The van der Waals surface area contributed by atoms with Gasteiger partial charge in [0.2, 0.25) is 0 Å². The van der Waals surface area contributed by atoms with Crippen LogP contribution < -0.4 is 0 Å². The molecule has 1 heteroatoms. The van der Waals surface area contributed by atoms with Gasteiger partial charge in [-0.3, -0.25) is 4.79 Å². The number of hydrogen-bond donors (Lipinski definition) is 0. The van der Waals surface area contributed by atoms with Gasteiger partial charge >= 0.3 is 0 Å². The molecule has 4 rings (SSSR count). The third kappa shape index (κ3) is 1.91. The predicted octanol–water partition coefficient (Wildman–Crippen LogP) is 5.38. The maximum Gasteiger partial charge on any atom is 0.139 e. The normalized spacial score (nSPS) is 53.5. The van der Waals surface area contributed by atoms with Crippen molar-refractivity contribution < 1.29 is 4.79 Å². The number of ketones is 1. The van der Waals surface area contributed by atoms with Crippen LogP contribution in [0.3, 0.4) is 0 Å². The van der Waals surface area contributed by atoms with Crippen molar-refractivity contribution in [3.63, 3.8) is 0 Å². The van der Waals surface area contributed by atoms with Gasteiger partial charge in [-0.15, -0.1) is 0 Å². The van der Waals surface area contributed by atoms with Crippen molar-refractivity contribution in [2.75, 3.05) is 0 Å². The fraction of sp³-hybridized carbons (Fsp3) is 0.950. The Labute approximate surface area is 130 Å². The van der Waals surface area contributed by atoms with E-state index in [9.17, 15) is 4.79 Å². The molecule has 0 N–H and O–H groups in total. The summed E-state index contributed by atoms with van der Waals surface area (Å²) in [4.78, 5) is 12.4. The van der Waals surface area contributed by atoms with E-state index < -0.39 is 0 Å². The molecular formula is C20H32O. The Kier molecular flexibility index (Phi) is 3.28. The molecule has 4 aliphatic rings. The molecule has 0 aliphatic heterocycles. The Morgan fingerprint density at radius 1 is 0.857 bits per heavy atom. The first-order valence-electron chi connectivity index (χ1n) is 9.59. The van der Waals surface area contributed by atoms with E-state index in [1.807, 2.05) is 0 Å². The number of carbonyl (C=O) groups is 1. The lowest BCUT2D eigenvalue weighted by Gasteiger charge is -2.58. The molecule has 0 aromatic carbocycles. The quantitative estimate of drug-likeness (QED) is 0.585. The standard InChI is InChI=1S/C20H32O/c1-19-12-5-3-4-6-14(19)7-8-15-16-9-10-18(21)20(16,2)13-11-17(15)19/h14-17H,3-13H2,1-2H3/t14-,15+,16+,17?,19+,20+/m1/s1. The maximum absolute atomic E-state index is 12.4. The lowest BCUT2D eigenvalue weighted by Crippen LogP contribution is -2.51. The van der Waals surface area contributed by atoms with Crippen LogP contribution in [0.4, 0.5) is 0 Å². The van der Waals surface area contributed by atoms with Crippen molar-refractivity contribution in [1.29, 1.82) is 0 Å². The van der Waals surface area contributed by atoms with Crippen molar-refractivity contribution in [3.8, 4) is 0 Å². The van der Waals surface area contributed by atoms with Gasteiger partial charge in [0.1, 0.15) is 5.78 Å². The highest BCUT2D eigenvalue weighted by Gasteiger charge is 2.59. The van der Waals surface area contributed by atoms with E-state index in [2.05, 4.69) is 13.8 Å². The highest BCUT2D eigenvalue weighted by atomic mass is 16.1. The van der Waals surface area contributed by atoms with E-state index in [1.165, 1.54) is 64.2 Å². The zero-order valence-electron chi connectivity index (χ0n) is 14.0. The third-order valence-corrected chi connectivity index (χ3v) is 8.54. The van der Waals surface area contributed by atoms with Gasteiger partial charge in [-0.1, -0.05) is 33.1 Å². The number of rotatable bonds is 0. The number of carbonyl (C=O) groups excluding carboxylic acids is 1. The third-order valence-electron chi connectivity index (χ3n) is 8.54. The molecule has 6 atom stereocenters. The van der Waals surface area contributed by atoms with Crippen molar-refractivity contribution in [2.45, 2.75) is 84.5 Å². The molecule has 0 heterocycles. The number of Topliss-reactive ketones (excluding diaryl/α,β-unsaturated/α-hetero) is 1. The average molecular weight is 288 g/mol. The summed E-state index contributed by atoms with van der Waals surface area (Å²) in [6.45, 7) is 4.95. The summed E-state index contributed by atoms with van der Waals surface area (Å²) in [6.07, 6.45) is 14.9. The zero-order valence-corrected chi connectivity index (χ0v) is 14.0. The molecule has 0 bridgehead atoms. The van der Waals surface area contributed by atoms with Crippen molar-refractivity contribution in [2.24, 2.45) is 34.5 Å². The van der Waals surface area contributed by atoms with E-state index in [4.69, 9.17) is 0 Å². The van der Waals surface area contributed by atoms with Crippen molar-refractivity contribution >= 4 is 5.78 Å². The van der Waals surface area contributed by atoms with Crippen LogP contribution in [0, 0.1) is 34.5 Å². The Morgan fingerprint density at radius 2 is 1.71 bits per heavy atom. The molecule has 4 saturated carbocycles. The maximum atomic E-state index is 12.4. The Bertz CT molecular complexity index is 441. The summed E-state index contributed by atoms with van der Waals surface area (Å²) in [6, 6.07) is 0. The lowest BCUT2D eigenvalue weighted by atomic mass is 9.47. The molecule has 0 spiro atoms. The van der Waals surface area contributed by atoms with Gasteiger partial charge in [-0.25, -0.2) is 0 Å². The van der Waals surface area contributed by atoms with Gasteiger partial charge in [-0.05, 0) is 74.0 Å². The van der Waals surface area contributed by atoms with Crippen LogP contribution in [0.25, 0.3) is 0 Å². The molecule has 21 heavy (non-hydrogen) atoms. The monoisotopic (exact) mass is 288 g/mol. The molecule has 0 amide bonds. The van der Waals surface area contributed by atoms with Gasteiger partial charge in [0.25, 0.3) is 0 Å². The van der Waals surface area contributed by atoms with Crippen LogP contribution in [0.1, 0.15) is 84.5 Å². The zero-order chi connectivity index (χ0) is 14.7. The van der Waals surface area contributed by atoms with Gasteiger partial charge in [0.15, 0.2) is 0 Å². The van der Waals surface area contributed by atoms with Crippen LogP contribution in [0.15, 0.2) is 0 Å². The molecule has 4 fully saturated rings. The van der Waals surface area contributed by atoms with Crippen LogP contribution in [0.5, 0.6) is 0 Å². The van der Waals surface area contributed by atoms with Crippen molar-refractivity contribution in [1.82, 2.24) is 0 Å². The highest BCUT2D eigenvalue weighted by Crippen LogP contribution is 2.64. The number of hydrogen-bond acceptors (Lipinski definition) is 1. The molecule has 1 nitrogen and oxygen atoms in total. The first kappa shape index (κ1) is 14.3. The predicted molar refractivity (Wildman–Crippen MR) is 86.0 cm³/mol. The average Bonchev–Trinajstić information content (AvgIpc) is 2.65. The SMILES string of the molecule is C[C@]12CCC3[C@@H](CC[C@H]4CCCCC[C@]34C)[C@@H]1CCC2=O. The summed E-state index contributed by atoms with van der Waals surface area (Å²) in [5.74, 6) is 4.11. The minimum Gasteiger partial charge on any atom is -0.299 e. The van der Waals surface area contributed by atoms with Gasteiger partial charge in [0, 0.05) is 11.8 Å². The van der Waals surface area contributed by atoms with E-state index >= 15 is 0 Å². The molecule has 0 aromatic heterocycles. The minimum absolute atomic E-state index is 0.0646. The summed E-state index contributed by atoms with van der Waals surface area (Å²) in [5, 5.41) is 0. The highest BCUT2D eigenvalue weighted by molar-refractivity contribution is 5.87. The largest absolute Gasteiger partial charge is 0.299 e. The van der Waals surface area contributed by atoms with Gasteiger partial charge in [0.05, 0.1) is 0 Å². The summed E-state index contributed by atoms with van der Waals surface area (Å²) in [7, 11) is 0. The van der Waals surface area contributed by atoms with Crippen LogP contribution in [-0.4, -0.2) is 5.78 Å². The molecule has 118 valence electrons. The Morgan fingerprint density at radius 3 is 2.57 bits per heavy atom.